The maximum atomic E-state index is 6.08. The average Bonchev–Trinajstić information content (AvgIpc) is 2.91. The molecule has 26 heavy (non-hydrogen) atoms. The molecule has 2 aliphatic carbocycles. The second kappa shape index (κ2) is 9.56. The van der Waals surface area contributed by atoms with Crippen LogP contribution < -0.4 is 0 Å². The molecule has 0 N–H and O–H groups in total. The fourth-order valence-electron chi connectivity index (χ4n) is 5.97. The van der Waals surface area contributed by atoms with Gasteiger partial charge in [0.05, 0.1) is 5.60 Å². The standard InChI is InChI=1S/C23H41BrO2/c1-7-25-18(3)26-22(4,5)14-8-10-17(2)20-12-13-21-19(16-24)11-9-15-23(20,21)6/h16-18,20-21H,7-15H2,1-6H3/b19-16-/t17-,18?,20-,21+,23-/m1/s1. The first-order valence-electron chi connectivity index (χ1n) is 10.8. The molecule has 2 nitrogen and oxygen atoms in total. The molecule has 0 aromatic carbocycles. The molecule has 0 aromatic rings. The fourth-order valence-corrected chi connectivity index (χ4v) is 6.52. The second-order valence-corrected chi connectivity index (χ2v) is 10.0. The largest absolute Gasteiger partial charge is 0.353 e. The van der Waals surface area contributed by atoms with Crippen molar-refractivity contribution in [1.82, 2.24) is 0 Å². The lowest BCUT2D eigenvalue weighted by molar-refractivity contribution is -0.191. The fraction of sp³-hybridized carbons (Fsp3) is 0.913. The normalized spacial score (nSPS) is 33.3. The van der Waals surface area contributed by atoms with Crippen LogP contribution in [0.3, 0.4) is 0 Å². The molecule has 0 spiro atoms. The summed E-state index contributed by atoms with van der Waals surface area (Å²) in [6.07, 6.45) is 10.4. The van der Waals surface area contributed by atoms with E-state index in [-0.39, 0.29) is 11.9 Å². The van der Waals surface area contributed by atoms with Crippen molar-refractivity contribution >= 4 is 15.9 Å². The summed E-state index contributed by atoms with van der Waals surface area (Å²) < 4.78 is 11.6. The Kier molecular flexibility index (Phi) is 8.25. The Hall–Kier alpha value is 0.140. The highest BCUT2D eigenvalue weighted by molar-refractivity contribution is 9.11. The van der Waals surface area contributed by atoms with Crippen molar-refractivity contribution in [3.8, 4) is 0 Å². The van der Waals surface area contributed by atoms with Crippen LogP contribution in [-0.2, 0) is 9.47 Å². The molecule has 0 aliphatic heterocycles. The van der Waals surface area contributed by atoms with Gasteiger partial charge < -0.3 is 9.47 Å². The van der Waals surface area contributed by atoms with E-state index in [2.05, 4.69) is 48.6 Å². The number of halogens is 1. The summed E-state index contributed by atoms with van der Waals surface area (Å²) in [5, 5.41) is 0. The minimum Gasteiger partial charge on any atom is -0.353 e. The first-order valence-corrected chi connectivity index (χ1v) is 11.7. The molecule has 0 heterocycles. The van der Waals surface area contributed by atoms with Gasteiger partial charge >= 0.3 is 0 Å². The van der Waals surface area contributed by atoms with E-state index in [0.29, 0.717) is 12.0 Å². The molecule has 3 heteroatoms. The first-order chi connectivity index (χ1) is 12.2. The molecule has 2 fully saturated rings. The third-order valence-corrected chi connectivity index (χ3v) is 7.78. The van der Waals surface area contributed by atoms with E-state index in [1.54, 1.807) is 5.57 Å². The molecule has 0 radical (unpaired) electrons. The van der Waals surface area contributed by atoms with Gasteiger partial charge in [-0.05, 0) is 94.4 Å². The van der Waals surface area contributed by atoms with Gasteiger partial charge in [-0.1, -0.05) is 48.2 Å². The maximum Gasteiger partial charge on any atom is 0.155 e. The molecular formula is C23H41BrO2. The number of fused-ring (bicyclic) bond motifs is 1. The van der Waals surface area contributed by atoms with Crippen LogP contribution in [0.4, 0.5) is 0 Å². The highest BCUT2D eigenvalue weighted by atomic mass is 79.9. The van der Waals surface area contributed by atoms with Gasteiger partial charge in [0.15, 0.2) is 6.29 Å². The van der Waals surface area contributed by atoms with Gasteiger partial charge in [0.1, 0.15) is 0 Å². The van der Waals surface area contributed by atoms with Crippen molar-refractivity contribution in [1.29, 1.82) is 0 Å². The molecule has 0 bridgehead atoms. The van der Waals surface area contributed by atoms with Crippen molar-refractivity contribution in [2.45, 2.75) is 105 Å². The minimum atomic E-state index is -0.112. The van der Waals surface area contributed by atoms with Gasteiger partial charge in [-0.15, -0.1) is 0 Å². The Balaban J connectivity index is 1.85. The van der Waals surface area contributed by atoms with E-state index >= 15 is 0 Å². The van der Waals surface area contributed by atoms with Gasteiger partial charge in [-0.3, -0.25) is 0 Å². The first kappa shape index (κ1) is 22.4. The van der Waals surface area contributed by atoms with Crippen molar-refractivity contribution in [3.63, 3.8) is 0 Å². The van der Waals surface area contributed by atoms with Crippen LogP contribution in [-0.4, -0.2) is 18.5 Å². The minimum absolute atomic E-state index is 0.104. The Morgan fingerprint density at radius 1 is 1.31 bits per heavy atom. The van der Waals surface area contributed by atoms with Crippen LogP contribution in [0.25, 0.3) is 0 Å². The molecule has 0 saturated heterocycles. The van der Waals surface area contributed by atoms with Crippen molar-refractivity contribution < 1.29 is 9.47 Å². The summed E-state index contributed by atoms with van der Waals surface area (Å²) in [6.45, 7) is 14.2. The van der Waals surface area contributed by atoms with E-state index in [1.807, 2.05) is 13.8 Å². The predicted octanol–water partition coefficient (Wildman–Crippen LogP) is 7.47. The third kappa shape index (κ3) is 5.35. The van der Waals surface area contributed by atoms with Crippen LogP contribution in [0.5, 0.6) is 0 Å². The molecule has 1 unspecified atom stereocenters. The second-order valence-electron chi connectivity index (χ2n) is 9.55. The van der Waals surface area contributed by atoms with E-state index in [1.165, 1.54) is 44.9 Å². The lowest BCUT2D eigenvalue weighted by Gasteiger charge is -2.44. The molecule has 0 amide bonds. The van der Waals surface area contributed by atoms with E-state index in [4.69, 9.17) is 9.47 Å². The third-order valence-electron chi connectivity index (χ3n) is 7.19. The predicted molar refractivity (Wildman–Crippen MR) is 114 cm³/mol. The summed E-state index contributed by atoms with van der Waals surface area (Å²) in [6, 6.07) is 0. The Labute approximate surface area is 170 Å². The molecule has 2 saturated carbocycles. The smallest absolute Gasteiger partial charge is 0.155 e. The van der Waals surface area contributed by atoms with Gasteiger partial charge in [-0.2, -0.15) is 0 Å². The molecule has 2 aliphatic rings. The summed E-state index contributed by atoms with van der Waals surface area (Å²) in [5.41, 5.74) is 2.09. The summed E-state index contributed by atoms with van der Waals surface area (Å²) >= 11 is 3.64. The quantitative estimate of drug-likeness (QED) is 0.354. The zero-order chi connectivity index (χ0) is 19.4. The Bertz CT molecular complexity index is 473. The summed E-state index contributed by atoms with van der Waals surface area (Å²) in [4.78, 5) is 2.24. The van der Waals surface area contributed by atoms with Crippen LogP contribution in [0.1, 0.15) is 92.9 Å². The summed E-state index contributed by atoms with van der Waals surface area (Å²) in [5.74, 6) is 2.50. The van der Waals surface area contributed by atoms with Gasteiger partial charge in [-0.25, -0.2) is 0 Å². The number of hydrogen-bond acceptors (Lipinski definition) is 2. The molecule has 5 atom stereocenters. The lowest BCUT2D eigenvalue weighted by Crippen LogP contribution is -2.36. The molecule has 2 rings (SSSR count). The Morgan fingerprint density at radius 2 is 2.04 bits per heavy atom. The average molecular weight is 429 g/mol. The van der Waals surface area contributed by atoms with Gasteiger partial charge in [0.25, 0.3) is 0 Å². The highest BCUT2D eigenvalue weighted by Gasteiger charge is 2.50. The van der Waals surface area contributed by atoms with Gasteiger partial charge in [0, 0.05) is 6.61 Å². The van der Waals surface area contributed by atoms with Crippen molar-refractivity contribution in [3.05, 3.63) is 10.6 Å². The number of rotatable bonds is 9. The van der Waals surface area contributed by atoms with Crippen LogP contribution in [0, 0.1) is 23.2 Å². The van der Waals surface area contributed by atoms with Crippen LogP contribution >= 0.6 is 15.9 Å². The number of hydrogen-bond donors (Lipinski definition) is 0. The number of ether oxygens (including phenoxy) is 2. The monoisotopic (exact) mass is 428 g/mol. The highest BCUT2D eigenvalue weighted by Crippen LogP contribution is 2.60. The maximum absolute atomic E-state index is 6.08. The van der Waals surface area contributed by atoms with Crippen LogP contribution in [0.15, 0.2) is 10.6 Å². The molecule has 152 valence electrons. The topological polar surface area (TPSA) is 18.5 Å². The molecular weight excluding hydrogens is 388 g/mol. The molecule has 0 aromatic heterocycles. The zero-order valence-corrected chi connectivity index (χ0v) is 19.5. The SMILES string of the molecule is CCOC(C)OC(C)(C)CCC[C@@H](C)[C@H]1CC[C@H]2/C(=C\Br)CCC[C@]12C. The van der Waals surface area contributed by atoms with Gasteiger partial charge in [0.2, 0.25) is 0 Å². The van der Waals surface area contributed by atoms with E-state index in [9.17, 15) is 0 Å². The summed E-state index contributed by atoms with van der Waals surface area (Å²) in [7, 11) is 0. The lowest BCUT2D eigenvalue weighted by atomic mass is 9.61. The Morgan fingerprint density at radius 3 is 2.69 bits per heavy atom. The van der Waals surface area contributed by atoms with Crippen molar-refractivity contribution in [2.24, 2.45) is 23.2 Å². The van der Waals surface area contributed by atoms with Crippen LogP contribution in [0.2, 0.25) is 0 Å². The van der Waals surface area contributed by atoms with E-state index < -0.39 is 0 Å². The number of allylic oxidation sites excluding steroid dienone is 1. The van der Waals surface area contributed by atoms with E-state index in [0.717, 1.165) is 24.2 Å². The zero-order valence-electron chi connectivity index (χ0n) is 17.9. The van der Waals surface area contributed by atoms with Crippen molar-refractivity contribution in [2.75, 3.05) is 6.61 Å².